The molecule has 0 nitrogen and oxygen atoms in total. The molecule has 1 heteroatoms. The smallest absolute Gasteiger partial charge is 0.343 e. The zero-order valence-electron chi connectivity index (χ0n) is 4.89. The second-order valence-electron chi connectivity index (χ2n) is 1.56. The van der Waals surface area contributed by atoms with Gasteiger partial charge in [0.1, 0.15) is 0 Å². The second-order valence-corrected chi connectivity index (χ2v) is 1.56. The summed E-state index contributed by atoms with van der Waals surface area (Å²) in [6.45, 7) is 5.93. The fraction of sp³-hybridized carbons (Fsp3) is 0.833. The standard InChI is InChI=1S/C6H13.Ru/c1-3-5-6-4-2;/h1,3-6H2,2H3;/q-1;+1. The van der Waals surface area contributed by atoms with E-state index >= 15 is 0 Å². The fourth-order valence-corrected chi connectivity index (χ4v) is 0.427. The van der Waals surface area contributed by atoms with E-state index in [0.717, 1.165) is 6.42 Å². The van der Waals surface area contributed by atoms with Crippen molar-refractivity contribution in [2.45, 2.75) is 32.6 Å². The van der Waals surface area contributed by atoms with Gasteiger partial charge >= 0.3 is 19.5 Å². The molecule has 45 valence electrons. The molecule has 0 aliphatic heterocycles. The minimum absolute atomic E-state index is 0. The molecule has 0 aromatic heterocycles. The van der Waals surface area contributed by atoms with Gasteiger partial charge in [-0.05, 0) is 0 Å². The summed E-state index contributed by atoms with van der Waals surface area (Å²) in [5, 5.41) is 0. The van der Waals surface area contributed by atoms with Crippen molar-refractivity contribution >= 4 is 0 Å². The quantitative estimate of drug-likeness (QED) is 0.360. The predicted octanol–water partition coefficient (Wildman–Crippen LogP) is 2.40. The summed E-state index contributed by atoms with van der Waals surface area (Å²) >= 11 is 0. The van der Waals surface area contributed by atoms with Crippen LogP contribution >= 0.6 is 0 Å². The van der Waals surface area contributed by atoms with Crippen molar-refractivity contribution in [3.05, 3.63) is 6.92 Å². The van der Waals surface area contributed by atoms with Crippen LogP contribution in [0.3, 0.4) is 0 Å². The molecular formula is C6H13Ru. The first-order valence-electron chi connectivity index (χ1n) is 2.71. The molecule has 0 rings (SSSR count). The Balaban J connectivity index is 0. The summed E-state index contributed by atoms with van der Waals surface area (Å²) in [7, 11) is 0. The molecule has 0 aliphatic carbocycles. The van der Waals surface area contributed by atoms with Crippen LogP contribution in [0.1, 0.15) is 32.6 Å². The molecule has 0 amide bonds. The van der Waals surface area contributed by atoms with Gasteiger partial charge in [0.2, 0.25) is 0 Å². The fourth-order valence-electron chi connectivity index (χ4n) is 0.427. The van der Waals surface area contributed by atoms with E-state index in [1.54, 1.807) is 0 Å². The molecule has 0 unspecified atom stereocenters. The van der Waals surface area contributed by atoms with Gasteiger partial charge < -0.3 is 6.92 Å². The molecule has 0 saturated heterocycles. The number of hydrogen-bond acceptors (Lipinski definition) is 0. The largest absolute Gasteiger partial charge is 1.00 e. The third-order valence-corrected chi connectivity index (χ3v) is 0.854. The van der Waals surface area contributed by atoms with Crippen LogP contribution in [0.4, 0.5) is 0 Å². The van der Waals surface area contributed by atoms with E-state index in [1.807, 2.05) is 0 Å². The molecule has 0 aromatic rings. The molecule has 0 aliphatic rings. The van der Waals surface area contributed by atoms with Gasteiger partial charge in [0.25, 0.3) is 0 Å². The first kappa shape index (κ1) is 10.6. The Bertz CT molecular complexity index is 16.1. The average molecular weight is 186 g/mol. The van der Waals surface area contributed by atoms with Gasteiger partial charge in [0.05, 0.1) is 0 Å². The van der Waals surface area contributed by atoms with E-state index in [2.05, 4.69) is 13.8 Å². The molecule has 0 fully saturated rings. The van der Waals surface area contributed by atoms with Crippen molar-refractivity contribution in [1.82, 2.24) is 0 Å². The first-order chi connectivity index (χ1) is 2.91. The summed E-state index contributed by atoms with van der Waals surface area (Å²) in [6.07, 6.45) is 5.07. The molecule has 7 heavy (non-hydrogen) atoms. The maximum atomic E-state index is 3.72. The third kappa shape index (κ3) is 10.8. The minimum atomic E-state index is 0. The topological polar surface area (TPSA) is 0 Å². The summed E-state index contributed by atoms with van der Waals surface area (Å²) in [6, 6.07) is 0. The van der Waals surface area contributed by atoms with Crippen molar-refractivity contribution < 1.29 is 19.5 Å². The summed E-state index contributed by atoms with van der Waals surface area (Å²) < 4.78 is 0. The van der Waals surface area contributed by atoms with Gasteiger partial charge in [-0.25, -0.2) is 0 Å². The van der Waals surface area contributed by atoms with Crippen molar-refractivity contribution in [1.29, 1.82) is 0 Å². The molecular weight excluding hydrogens is 173 g/mol. The number of unbranched alkanes of at least 4 members (excludes halogenated alkanes) is 3. The van der Waals surface area contributed by atoms with Crippen LogP contribution < -0.4 is 0 Å². The normalized spacial score (nSPS) is 7.71. The first-order valence-corrected chi connectivity index (χ1v) is 2.71. The molecule has 1 radical (unpaired) electrons. The SMILES string of the molecule is [CH2-]CCCCC.[Ru+]. The van der Waals surface area contributed by atoms with E-state index in [9.17, 15) is 0 Å². The Labute approximate surface area is 59.4 Å². The van der Waals surface area contributed by atoms with Gasteiger partial charge in [-0.15, -0.1) is 0 Å². The van der Waals surface area contributed by atoms with Crippen LogP contribution in [0, 0.1) is 6.92 Å². The van der Waals surface area contributed by atoms with Crippen LogP contribution in [-0.2, 0) is 19.5 Å². The Morgan fingerprint density at radius 2 is 1.86 bits per heavy atom. The van der Waals surface area contributed by atoms with Gasteiger partial charge in [0, 0.05) is 0 Å². The zero-order chi connectivity index (χ0) is 4.83. The minimum Gasteiger partial charge on any atom is -0.343 e. The molecule has 0 atom stereocenters. The Morgan fingerprint density at radius 3 is 2.00 bits per heavy atom. The van der Waals surface area contributed by atoms with E-state index in [1.165, 1.54) is 19.3 Å². The maximum absolute atomic E-state index is 3.72. The van der Waals surface area contributed by atoms with Gasteiger partial charge in [-0.2, -0.15) is 6.42 Å². The molecule has 0 N–H and O–H groups in total. The number of hydrogen-bond donors (Lipinski definition) is 0. The summed E-state index contributed by atoms with van der Waals surface area (Å²) in [5.74, 6) is 0. The second kappa shape index (κ2) is 9.80. The van der Waals surface area contributed by atoms with Crippen molar-refractivity contribution in [2.24, 2.45) is 0 Å². The van der Waals surface area contributed by atoms with Gasteiger partial charge in [-0.1, -0.05) is 26.2 Å². The molecule has 0 bridgehead atoms. The molecule has 0 heterocycles. The number of rotatable bonds is 3. The Hall–Kier alpha value is 0.623. The zero-order valence-corrected chi connectivity index (χ0v) is 6.63. The van der Waals surface area contributed by atoms with Crippen LogP contribution in [0.2, 0.25) is 0 Å². The summed E-state index contributed by atoms with van der Waals surface area (Å²) in [4.78, 5) is 0. The van der Waals surface area contributed by atoms with E-state index in [4.69, 9.17) is 0 Å². The third-order valence-electron chi connectivity index (χ3n) is 0.854. The molecule has 0 aromatic carbocycles. The predicted molar refractivity (Wildman–Crippen MR) is 29.5 cm³/mol. The van der Waals surface area contributed by atoms with Crippen LogP contribution in [-0.4, -0.2) is 0 Å². The van der Waals surface area contributed by atoms with E-state index in [0.29, 0.717) is 0 Å². The Morgan fingerprint density at radius 1 is 1.29 bits per heavy atom. The van der Waals surface area contributed by atoms with E-state index in [-0.39, 0.29) is 19.5 Å². The summed E-state index contributed by atoms with van der Waals surface area (Å²) in [5.41, 5.74) is 0. The average Bonchev–Trinajstić information content (AvgIpc) is 1.61. The van der Waals surface area contributed by atoms with Crippen molar-refractivity contribution in [3.63, 3.8) is 0 Å². The van der Waals surface area contributed by atoms with Crippen LogP contribution in [0.15, 0.2) is 0 Å². The molecule has 0 spiro atoms. The van der Waals surface area contributed by atoms with Crippen LogP contribution in [0.5, 0.6) is 0 Å². The van der Waals surface area contributed by atoms with Crippen molar-refractivity contribution in [3.8, 4) is 0 Å². The monoisotopic (exact) mass is 187 g/mol. The van der Waals surface area contributed by atoms with Crippen LogP contribution in [0.25, 0.3) is 0 Å². The van der Waals surface area contributed by atoms with Gasteiger partial charge in [-0.3, -0.25) is 0 Å². The van der Waals surface area contributed by atoms with Crippen molar-refractivity contribution in [2.75, 3.05) is 0 Å². The van der Waals surface area contributed by atoms with E-state index < -0.39 is 0 Å². The Kier molecular flexibility index (Phi) is 14.8. The molecule has 0 saturated carbocycles. The van der Waals surface area contributed by atoms with Gasteiger partial charge in [0.15, 0.2) is 0 Å². The maximum Gasteiger partial charge on any atom is 1.00 e.